The van der Waals surface area contributed by atoms with E-state index in [1.54, 1.807) is 11.3 Å². The molecule has 0 aliphatic carbocycles. The van der Waals surface area contributed by atoms with Gasteiger partial charge in [0, 0.05) is 11.6 Å². The first-order valence-electron chi connectivity index (χ1n) is 5.05. The maximum absolute atomic E-state index is 6.04. The molecule has 0 saturated heterocycles. The zero-order valence-corrected chi connectivity index (χ0v) is 9.28. The Labute approximate surface area is 93.8 Å². The standard InChI is InChI=1S/C12H14N2S/c13-11(12-14-8-9-15-12)7-6-10-4-2-1-3-5-10/h1-5,8-9,11H,6-7,13H2. The van der Waals surface area contributed by atoms with Crippen LogP contribution in [0.5, 0.6) is 0 Å². The first-order chi connectivity index (χ1) is 7.36. The summed E-state index contributed by atoms with van der Waals surface area (Å²) in [5.41, 5.74) is 7.37. The average Bonchev–Trinajstić information content (AvgIpc) is 2.81. The maximum Gasteiger partial charge on any atom is 0.109 e. The molecule has 3 heteroatoms. The first kappa shape index (κ1) is 10.3. The zero-order chi connectivity index (χ0) is 10.5. The SMILES string of the molecule is NC(CCc1ccccc1)c1nccs1. The summed E-state index contributed by atoms with van der Waals surface area (Å²) in [6.45, 7) is 0. The van der Waals surface area contributed by atoms with E-state index in [0.29, 0.717) is 0 Å². The molecule has 1 unspecified atom stereocenters. The van der Waals surface area contributed by atoms with Gasteiger partial charge in [0.05, 0.1) is 6.04 Å². The summed E-state index contributed by atoms with van der Waals surface area (Å²) in [4.78, 5) is 4.22. The van der Waals surface area contributed by atoms with Crippen molar-refractivity contribution in [1.29, 1.82) is 0 Å². The van der Waals surface area contributed by atoms with Crippen LogP contribution < -0.4 is 5.73 Å². The number of nitrogens with zero attached hydrogens (tertiary/aromatic N) is 1. The maximum atomic E-state index is 6.04. The van der Waals surface area contributed by atoms with Gasteiger partial charge in [-0.05, 0) is 18.4 Å². The van der Waals surface area contributed by atoms with Crippen molar-refractivity contribution in [2.24, 2.45) is 5.73 Å². The van der Waals surface area contributed by atoms with Crippen LogP contribution in [0.25, 0.3) is 0 Å². The highest BCUT2D eigenvalue weighted by molar-refractivity contribution is 7.09. The van der Waals surface area contributed by atoms with Crippen LogP contribution in [-0.2, 0) is 6.42 Å². The fourth-order valence-electron chi connectivity index (χ4n) is 1.51. The van der Waals surface area contributed by atoms with Gasteiger partial charge in [-0.2, -0.15) is 0 Å². The van der Waals surface area contributed by atoms with Gasteiger partial charge in [0.1, 0.15) is 5.01 Å². The predicted molar refractivity (Wildman–Crippen MR) is 63.8 cm³/mol. The van der Waals surface area contributed by atoms with E-state index in [1.807, 2.05) is 17.6 Å². The van der Waals surface area contributed by atoms with Crippen molar-refractivity contribution in [2.75, 3.05) is 0 Å². The molecule has 0 aliphatic heterocycles. The van der Waals surface area contributed by atoms with E-state index in [0.717, 1.165) is 17.8 Å². The minimum Gasteiger partial charge on any atom is -0.322 e. The van der Waals surface area contributed by atoms with Crippen LogP contribution >= 0.6 is 11.3 Å². The number of rotatable bonds is 4. The highest BCUT2D eigenvalue weighted by atomic mass is 32.1. The van der Waals surface area contributed by atoms with E-state index in [-0.39, 0.29) is 6.04 Å². The highest BCUT2D eigenvalue weighted by Crippen LogP contribution is 2.18. The fourth-order valence-corrected chi connectivity index (χ4v) is 2.18. The van der Waals surface area contributed by atoms with Crippen LogP contribution in [0.2, 0.25) is 0 Å². The molecule has 1 heterocycles. The van der Waals surface area contributed by atoms with Crippen LogP contribution in [0.3, 0.4) is 0 Å². The molecule has 0 radical (unpaired) electrons. The molecule has 15 heavy (non-hydrogen) atoms. The number of hydrogen-bond donors (Lipinski definition) is 1. The van der Waals surface area contributed by atoms with Gasteiger partial charge in [-0.15, -0.1) is 11.3 Å². The molecule has 0 spiro atoms. The number of nitrogens with two attached hydrogens (primary N) is 1. The second-order valence-corrected chi connectivity index (χ2v) is 4.43. The molecule has 2 N–H and O–H groups in total. The monoisotopic (exact) mass is 218 g/mol. The molecule has 0 saturated carbocycles. The van der Waals surface area contributed by atoms with Crippen LogP contribution in [0.1, 0.15) is 23.0 Å². The Hall–Kier alpha value is -1.19. The largest absolute Gasteiger partial charge is 0.322 e. The van der Waals surface area contributed by atoms with Crippen molar-refractivity contribution < 1.29 is 0 Å². The van der Waals surface area contributed by atoms with Crippen molar-refractivity contribution in [3.63, 3.8) is 0 Å². The van der Waals surface area contributed by atoms with Crippen molar-refractivity contribution in [3.05, 3.63) is 52.5 Å². The molecule has 1 atom stereocenters. The summed E-state index contributed by atoms with van der Waals surface area (Å²) >= 11 is 1.63. The fraction of sp³-hybridized carbons (Fsp3) is 0.250. The predicted octanol–water partition coefficient (Wildman–Crippen LogP) is 2.78. The number of aryl methyl sites for hydroxylation is 1. The summed E-state index contributed by atoms with van der Waals surface area (Å²) in [6.07, 6.45) is 3.78. The van der Waals surface area contributed by atoms with Crippen molar-refractivity contribution >= 4 is 11.3 Å². The molecular formula is C12H14N2S. The van der Waals surface area contributed by atoms with Crippen LogP contribution in [0, 0.1) is 0 Å². The Balaban J connectivity index is 1.89. The van der Waals surface area contributed by atoms with Gasteiger partial charge >= 0.3 is 0 Å². The number of hydrogen-bond acceptors (Lipinski definition) is 3. The quantitative estimate of drug-likeness (QED) is 0.857. The molecular weight excluding hydrogens is 204 g/mol. The molecule has 0 aliphatic rings. The van der Waals surface area contributed by atoms with Gasteiger partial charge < -0.3 is 5.73 Å². The van der Waals surface area contributed by atoms with E-state index in [2.05, 4.69) is 29.2 Å². The lowest BCUT2D eigenvalue weighted by Crippen LogP contribution is -2.10. The van der Waals surface area contributed by atoms with E-state index in [9.17, 15) is 0 Å². The molecule has 2 nitrogen and oxygen atoms in total. The third-order valence-corrected chi connectivity index (χ3v) is 3.26. The second-order valence-electron chi connectivity index (χ2n) is 3.50. The Bertz CT molecular complexity index is 383. The van der Waals surface area contributed by atoms with Gasteiger partial charge in [0.2, 0.25) is 0 Å². The Kier molecular flexibility index (Phi) is 3.48. The summed E-state index contributed by atoms with van der Waals surface area (Å²) < 4.78 is 0. The Morgan fingerprint density at radius 2 is 2.07 bits per heavy atom. The molecule has 2 aromatic rings. The number of thiazole rings is 1. The highest BCUT2D eigenvalue weighted by Gasteiger charge is 2.07. The lowest BCUT2D eigenvalue weighted by Gasteiger charge is -2.07. The third-order valence-electron chi connectivity index (χ3n) is 2.36. The molecule has 0 bridgehead atoms. The Morgan fingerprint density at radius 3 is 2.73 bits per heavy atom. The van der Waals surface area contributed by atoms with Gasteiger partial charge in [-0.1, -0.05) is 30.3 Å². The van der Waals surface area contributed by atoms with Crippen molar-refractivity contribution in [2.45, 2.75) is 18.9 Å². The lowest BCUT2D eigenvalue weighted by molar-refractivity contribution is 0.647. The van der Waals surface area contributed by atoms with Gasteiger partial charge in [0.25, 0.3) is 0 Å². The molecule has 2 rings (SSSR count). The van der Waals surface area contributed by atoms with Crippen LogP contribution in [0.4, 0.5) is 0 Å². The smallest absolute Gasteiger partial charge is 0.109 e. The summed E-state index contributed by atoms with van der Waals surface area (Å²) in [5.74, 6) is 0. The summed E-state index contributed by atoms with van der Waals surface area (Å²) in [7, 11) is 0. The molecule has 78 valence electrons. The molecule has 1 aromatic carbocycles. The summed E-state index contributed by atoms with van der Waals surface area (Å²) in [6, 6.07) is 10.5. The van der Waals surface area contributed by atoms with Crippen molar-refractivity contribution in [1.82, 2.24) is 4.98 Å². The summed E-state index contributed by atoms with van der Waals surface area (Å²) in [5, 5.41) is 3.00. The van der Waals surface area contributed by atoms with E-state index >= 15 is 0 Å². The van der Waals surface area contributed by atoms with Gasteiger partial charge in [0.15, 0.2) is 0 Å². The molecule has 0 fully saturated rings. The second kappa shape index (κ2) is 5.05. The van der Waals surface area contributed by atoms with Crippen LogP contribution in [-0.4, -0.2) is 4.98 Å². The number of benzene rings is 1. The lowest BCUT2D eigenvalue weighted by atomic mass is 10.1. The van der Waals surface area contributed by atoms with Crippen molar-refractivity contribution in [3.8, 4) is 0 Å². The first-order valence-corrected chi connectivity index (χ1v) is 5.93. The van der Waals surface area contributed by atoms with Crippen LogP contribution in [0.15, 0.2) is 41.9 Å². The molecule has 0 amide bonds. The van der Waals surface area contributed by atoms with E-state index in [4.69, 9.17) is 5.73 Å². The Morgan fingerprint density at radius 1 is 1.27 bits per heavy atom. The minimum absolute atomic E-state index is 0.0743. The normalized spacial score (nSPS) is 12.6. The van der Waals surface area contributed by atoms with Gasteiger partial charge in [-0.3, -0.25) is 0 Å². The topological polar surface area (TPSA) is 38.9 Å². The zero-order valence-electron chi connectivity index (χ0n) is 8.47. The van der Waals surface area contributed by atoms with E-state index in [1.165, 1.54) is 5.56 Å². The number of aromatic nitrogens is 1. The molecule has 1 aromatic heterocycles. The average molecular weight is 218 g/mol. The minimum atomic E-state index is 0.0743. The van der Waals surface area contributed by atoms with E-state index < -0.39 is 0 Å². The third kappa shape index (κ3) is 2.88. The van der Waals surface area contributed by atoms with Gasteiger partial charge in [-0.25, -0.2) is 4.98 Å².